The second-order valence-electron chi connectivity index (χ2n) is 4.34. The van der Waals surface area contributed by atoms with Gasteiger partial charge in [-0.05, 0) is 25.8 Å². The molecule has 6 heteroatoms. The minimum atomic E-state index is -1.02. The number of aromatic carboxylic acids is 1. The van der Waals surface area contributed by atoms with Gasteiger partial charge in [0.2, 0.25) is 0 Å². The van der Waals surface area contributed by atoms with Crippen molar-refractivity contribution in [3.63, 3.8) is 0 Å². The molecule has 2 rings (SSSR count). The standard InChI is InChI=1S/C12H16N2O4/c1-8-10(11(15)16)6-9(18-8)7-13-12(17)14-4-2-3-5-14/h6H,2-5,7H2,1H3,(H,13,17)(H,15,16). The van der Waals surface area contributed by atoms with Gasteiger partial charge in [0.25, 0.3) is 0 Å². The summed E-state index contributed by atoms with van der Waals surface area (Å²) in [6.07, 6.45) is 2.08. The van der Waals surface area contributed by atoms with Crippen LogP contribution in [0.1, 0.15) is 34.7 Å². The van der Waals surface area contributed by atoms with Crippen molar-refractivity contribution in [3.8, 4) is 0 Å². The molecule has 18 heavy (non-hydrogen) atoms. The number of hydrogen-bond donors (Lipinski definition) is 2. The topological polar surface area (TPSA) is 82.8 Å². The molecule has 0 atom stereocenters. The molecule has 0 unspecified atom stereocenters. The van der Waals surface area contributed by atoms with E-state index in [0.717, 1.165) is 25.9 Å². The number of carbonyl (C=O) groups excluding carboxylic acids is 1. The fourth-order valence-corrected chi connectivity index (χ4v) is 2.04. The molecule has 2 heterocycles. The third kappa shape index (κ3) is 2.64. The number of hydrogen-bond acceptors (Lipinski definition) is 3. The summed E-state index contributed by atoms with van der Waals surface area (Å²) in [6.45, 7) is 3.37. The molecule has 2 amide bonds. The van der Waals surface area contributed by atoms with E-state index in [1.165, 1.54) is 6.07 Å². The van der Waals surface area contributed by atoms with E-state index in [4.69, 9.17) is 9.52 Å². The first-order valence-corrected chi connectivity index (χ1v) is 5.93. The Bertz CT molecular complexity index is 461. The minimum absolute atomic E-state index is 0.126. The van der Waals surface area contributed by atoms with Gasteiger partial charge in [0.05, 0.1) is 6.54 Å². The Hall–Kier alpha value is -1.98. The maximum absolute atomic E-state index is 11.7. The molecule has 0 radical (unpaired) electrons. The summed E-state index contributed by atoms with van der Waals surface area (Å²) in [5, 5.41) is 11.6. The van der Waals surface area contributed by atoms with Crippen LogP contribution in [0.5, 0.6) is 0 Å². The third-order valence-electron chi connectivity index (χ3n) is 3.01. The molecule has 0 aliphatic carbocycles. The molecule has 1 aromatic heterocycles. The van der Waals surface area contributed by atoms with E-state index in [-0.39, 0.29) is 18.1 Å². The number of aryl methyl sites for hydroxylation is 1. The van der Waals surface area contributed by atoms with Crippen molar-refractivity contribution in [2.45, 2.75) is 26.3 Å². The van der Waals surface area contributed by atoms with Gasteiger partial charge >= 0.3 is 12.0 Å². The second kappa shape index (κ2) is 5.12. The minimum Gasteiger partial charge on any atom is -0.478 e. The van der Waals surface area contributed by atoms with Crippen molar-refractivity contribution in [3.05, 3.63) is 23.2 Å². The molecule has 1 fully saturated rings. The molecule has 6 nitrogen and oxygen atoms in total. The van der Waals surface area contributed by atoms with E-state index in [2.05, 4.69) is 5.32 Å². The monoisotopic (exact) mass is 252 g/mol. The molecular formula is C12H16N2O4. The normalized spacial score (nSPS) is 14.8. The number of likely N-dealkylation sites (tertiary alicyclic amines) is 1. The SMILES string of the molecule is Cc1oc(CNC(=O)N2CCCC2)cc1C(=O)O. The Morgan fingerprint density at radius 1 is 1.44 bits per heavy atom. The van der Waals surface area contributed by atoms with Crippen molar-refractivity contribution in [1.29, 1.82) is 0 Å². The quantitative estimate of drug-likeness (QED) is 0.855. The molecular weight excluding hydrogens is 236 g/mol. The lowest BCUT2D eigenvalue weighted by Crippen LogP contribution is -2.37. The largest absolute Gasteiger partial charge is 0.478 e. The number of carboxylic acids is 1. The maximum atomic E-state index is 11.7. The first-order chi connectivity index (χ1) is 8.58. The molecule has 98 valence electrons. The van der Waals surface area contributed by atoms with Gasteiger partial charge in [0.1, 0.15) is 17.1 Å². The van der Waals surface area contributed by atoms with Crippen LogP contribution in [0.2, 0.25) is 0 Å². The Morgan fingerprint density at radius 3 is 2.67 bits per heavy atom. The van der Waals surface area contributed by atoms with Gasteiger partial charge in [-0.25, -0.2) is 9.59 Å². The molecule has 2 N–H and O–H groups in total. The number of nitrogens with zero attached hydrogens (tertiary/aromatic N) is 1. The fraction of sp³-hybridized carbons (Fsp3) is 0.500. The number of nitrogens with one attached hydrogen (secondary N) is 1. The van der Waals surface area contributed by atoms with Crippen LogP contribution in [0, 0.1) is 6.92 Å². The zero-order valence-corrected chi connectivity index (χ0v) is 10.2. The average molecular weight is 252 g/mol. The molecule has 1 aliphatic rings. The predicted octanol–water partition coefficient (Wildman–Crippen LogP) is 1.59. The lowest BCUT2D eigenvalue weighted by Gasteiger charge is -2.15. The Balaban J connectivity index is 1.91. The Kier molecular flexibility index (Phi) is 3.55. The molecule has 1 aliphatic heterocycles. The summed E-state index contributed by atoms with van der Waals surface area (Å²) in [7, 11) is 0. The van der Waals surface area contributed by atoms with E-state index in [9.17, 15) is 9.59 Å². The summed E-state index contributed by atoms with van der Waals surface area (Å²) in [4.78, 5) is 24.3. The van der Waals surface area contributed by atoms with Crippen LogP contribution < -0.4 is 5.32 Å². The predicted molar refractivity (Wildman–Crippen MR) is 63.4 cm³/mol. The summed E-state index contributed by atoms with van der Waals surface area (Å²) in [5.74, 6) is -0.210. The zero-order chi connectivity index (χ0) is 13.1. The second-order valence-corrected chi connectivity index (χ2v) is 4.34. The highest BCUT2D eigenvalue weighted by molar-refractivity contribution is 5.88. The first-order valence-electron chi connectivity index (χ1n) is 5.93. The molecule has 1 saturated heterocycles. The van der Waals surface area contributed by atoms with Gasteiger partial charge in [0.15, 0.2) is 0 Å². The fourth-order valence-electron chi connectivity index (χ4n) is 2.04. The van der Waals surface area contributed by atoms with Gasteiger partial charge in [-0.1, -0.05) is 0 Å². The van der Waals surface area contributed by atoms with E-state index >= 15 is 0 Å². The molecule has 1 aromatic rings. The molecule has 0 bridgehead atoms. The summed E-state index contributed by atoms with van der Waals surface area (Å²) in [5.41, 5.74) is 0.139. The van der Waals surface area contributed by atoms with Crippen molar-refractivity contribution in [2.24, 2.45) is 0 Å². The first kappa shape index (κ1) is 12.5. The number of carboxylic acid groups (broad SMARTS) is 1. The highest BCUT2D eigenvalue weighted by Gasteiger charge is 2.18. The molecule has 0 saturated carbocycles. The summed E-state index contributed by atoms with van der Waals surface area (Å²) < 4.78 is 5.27. The third-order valence-corrected chi connectivity index (χ3v) is 3.01. The van der Waals surface area contributed by atoms with Crippen molar-refractivity contribution < 1.29 is 19.1 Å². The van der Waals surface area contributed by atoms with Gasteiger partial charge in [0, 0.05) is 13.1 Å². The van der Waals surface area contributed by atoms with Crippen LogP contribution in [-0.2, 0) is 6.54 Å². The number of furan rings is 1. The lowest BCUT2D eigenvalue weighted by atomic mass is 10.2. The lowest BCUT2D eigenvalue weighted by molar-refractivity contribution is 0.0695. The summed E-state index contributed by atoms with van der Waals surface area (Å²) >= 11 is 0. The van der Waals surface area contributed by atoms with Crippen molar-refractivity contribution >= 4 is 12.0 Å². The van der Waals surface area contributed by atoms with Gasteiger partial charge in [-0.3, -0.25) is 0 Å². The zero-order valence-electron chi connectivity index (χ0n) is 10.2. The van der Waals surface area contributed by atoms with Crippen LogP contribution in [0.3, 0.4) is 0 Å². The number of carbonyl (C=O) groups is 2. The number of urea groups is 1. The summed E-state index contributed by atoms with van der Waals surface area (Å²) in [6, 6.07) is 1.32. The van der Waals surface area contributed by atoms with E-state index in [1.54, 1.807) is 11.8 Å². The Labute approximate surface area is 105 Å². The molecule has 0 spiro atoms. The highest BCUT2D eigenvalue weighted by Crippen LogP contribution is 2.14. The molecule has 0 aromatic carbocycles. The maximum Gasteiger partial charge on any atom is 0.339 e. The van der Waals surface area contributed by atoms with Gasteiger partial charge < -0.3 is 19.7 Å². The Morgan fingerprint density at radius 2 is 2.11 bits per heavy atom. The van der Waals surface area contributed by atoms with Crippen molar-refractivity contribution in [1.82, 2.24) is 10.2 Å². The van der Waals surface area contributed by atoms with E-state index < -0.39 is 5.97 Å². The van der Waals surface area contributed by atoms with Gasteiger partial charge in [-0.15, -0.1) is 0 Å². The van der Waals surface area contributed by atoms with Crippen LogP contribution in [-0.4, -0.2) is 35.1 Å². The van der Waals surface area contributed by atoms with Crippen molar-refractivity contribution in [2.75, 3.05) is 13.1 Å². The average Bonchev–Trinajstić information content (AvgIpc) is 2.94. The van der Waals surface area contributed by atoms with Crippen LogP contribution in [0.25, 0.3) is 0 Å². The van der Waals surface area contributed by atoms with Crippen LogP contribution >= 0.6 is 0 Å². The number of amides is 2. The van der Waals surface area contributed by atoms with E-state index in [0.29, 0.717) is 11.5 Å². The van der Waals surface area contributed by atoms with Crippen LogP contribution in [0.4, 0.5) is 4.79 Å². The number of rotatable bonds is 3. The highest BCUT2D eigenvalue weighted by atomic mass is 16.4. The van der Waals surface area contributed by atoms with Gasteiger partial charge in [-0.2, -0.15) is 0 Å². The smallest absolute Gasteiger partial charge is 0.339 e. The van der Waals surface area contributed by atoms with E-state index in [1.807, 2.05) is 0 Å². The van der Waals surface area contributed by atoms with Crippen LogP contribution in [0.15, 0.2) is 10.5 Å².